The summed E-state index contributed by atoms with van der Waals surface area (Å²) in [5, 5.41) is 0. The molecule has 5 nitrogen and oxygen atoms in total. The molecule has 19 heavy (non-hydrogen) atoms. The van der Waals surface area contributed by atoms with Crippen molar-refractivity contribution in [3.63, 3.8) is 0 Å². The van der Waals surface area contributed by atoms with E-state index in [2.05, 4.69) is 0 Å². The van der Waals surface area contributed by atoms with E-state index in [0.29, 0.717) is 19.7 Å². The van der Waals surface area contributed by atoms with Crippen LogP contribution in [0.5, 0.6) is 5.75 Å². The molecule has 5 heteroatoms. The topological polar surface area (TPSA) is 81.6 Å². The third-order valence-electron chi connectivity index (χ3n) is 2.90. The summed E-state index contributed by atoms with van der Waals surface area (Å²) in [5.74, 6) is 0.487. The first kappa shape index (κ1) is 15.5. The van der Waals surface area contributed by atoms with Crippen LogP contribution in [0.15, 0.2) is 24.3 Å². The Balaban J connectivity index is 2.40. The first-order chi connectivity index (χ1) is 9.02. The van der Waals surface area contributed by atoms with E-state index in [4.69, 9.17) is 16.2 Å². The van der Waals surface area contributed by atoms with Crippen molar-refractivity contribution >= 4 is 5.91 Å². The van der Waals surface area contributed by atoms with Crippen LogP contribution in [0.4, 0.5) is 0 Å². The van der Waals surface area contributed by atoms with E-state index in [1.54, 1.807) is 0 Å². The van der Waals surface area contributed by atoms with Crippen LogP contribution in [0.2, 0.25) is 0 Å². The first-order valence-electron chi connectivity index (χ1n) is 6.47. The molecule has 0 aromatic heterocycles. The minimum atomic E-state index is -0.319. The van der Waals surface area contributed by atoms with Crippen molar-refractivity contribution in [3.8, 4) is 5.75 Å². The van der Waals surface area contributed by atoms with Crippen molar-refractivity contribution in [2.75, 3.05) is 19.7 Å². The number of amides is 1. The van der Waals surface area contributed by atoms with Crippen molar-refractivity contribution in [1.29, 1.82) is 0 Å². The molecule has 0 atom stereocenters. The van der Waals surface area contributed by atoms with E-state index in [-0.39, 0.29) is 18.5 Å². The van der Waals surface area contributed by atoms with Gasteiger partial charge in [0.05, 0.1) is 6.54 Å². The van der Waals surface area contributed by atoms with E-state index in [0.717, 1.165) is 11.3 Å². The fraction of sp³-hybridized carbons (Fsp3) is 0.500. The van der Waals surface area contributed by atoms with Crippen molar-refractivity contribution in [1.82, 2.24) is 4.90 Å². The van der Waals surface area contributed by atoms with Gasteiger partial charge in [-0.05, 0) is 31.5 Å². The number of nitrogens with zero attached hydrogens (tertiary/aromatic N) is 1. The molecule has 4 N–H and O–H groups in total. The van der Waals surface area contributed by atoms with Gasteiger partial charge in [-0.1, -0.05) is 12.1 Å². The highest BCUT2D eigenvalue weighted by atomic mass is 16.5. The predicted molar refractivity (Wildman–Crippen MR) is 75.7 cm³/mol. The lowest BCUT2D eigenvalue weighted by atomic mass is 10.2. The molecule has 0 saturated carbocycles. The largest absolute Gasteiger partial charge is 0.492 e. The normalized spacial score (nSPS) is 11.0. The van der Waals surface area contributed by atoms with Gasteiger partial charge in [0.1, 0.15) is 12.4 Å². The van der Waals surface area contributed by atoms with E-state index < -0.39 is 0 Å². The zero-order chi connectivity index (χ0) is 14.3. The monoisotopic (exact) mass is 265 g/mol. The lowest BCUT2D eigenvalue weighted by Crippen LogP contribution is -2.40. The molecule has 0 radical (unpaired) electrons. The Bertz CT molecular complexity index is 390. The smallest absolute Gasteiger partial charge is 0.231 e. The van der Waals surface area contributed by atoms with E-state index in [9.17, 15) is 4.79 Å². The van der Waals surface area contributed by atoms with Crippen molar-refractivity contribution < 1.29 is 9.53 Å². The summed E-state index contributed by atoms with van der Waals surface area (Å²) in [4.78, 5) is 12.9. The third kappa shape index (κ3) is 5.72. The van der Waals surface area contributed by atoms with Gasteiger partial charge in [-0.3, -0.25) is 9.69 Å². The summed E-state index contributed by atoms with van der Waals surface area (Å²) < 4.78 is 5.63. The SMILES string of the molecule is CC(C)N(CCOc1ccc(CN)cc1)CC(N)=O. The molecule has 0 heterocycles. The maximum atomic E-state index is 10.9. The van der Waals surface area contributed by atoms with Crippen LogP contribution in [0.1, 0.15) is 19.4 Å². The zero-order valence-corrected chi connectivity index (χ0v) is 11.6. The molecule has 0 spiro atoms. The van der Waals surface area contributed by atoms with Gasteiger partial charge >= 0.3 is 0 Å². The number of carbonyl (C=O) groups excluding carboxylic acids is 1. The van der Waals surface area contributed by atoms with Gasteiger partial charge in [0.15, 0.2) is 0 Å². The summed E-state index contributed by atoms with van der Waals surface area (Å²) in [6.45, 7) is 6.03. The summed E-state index contributed by atoms with van der Waals surface area (Å²) in [5.41, 5.74) is 11.8. The minimum absolute atomic E-state index is 0.257. The van der Waals surface area contributed by atoms with Crippen molar-refractivity contribution in [2.45, 2.75) is 26.4 Å². The molecule has 1 aromatic rings. The number of rotatable bonds is 8. The average Bonchev–Trinajstić information content (AvgIpc) is 2.37. The molecule has 106 valence electrons. The van der Waals surface area contributed by atoms with Gasteiger partial charge in [-0.25, -0.2) is 0 Å². The fourth-order valence-electron chi connectivity index (χ4n) is 1.72. The van der Waals surface area contributed by atoms with Crippen LogP contribution in [-0.2, 0) is 11.3 Å². The maximum Gasteiger partial charge on any atom is 0.231 e. The Morgan fingerprint density at radius 3 is 2.42 bits per heavy atom. The molecule has 0 fully saturated rings. The van der Waals surface area contributed by atoms with E-state index in [1.165, 1.54) is 0 Å². The summed E-state index contributed by atoms with van der Waals surface area (Å²) >= 11 is 0. The zero-order valence-electron chi connectivity index (χ0n) is 11.6. The number of primary amides is 1. The lowest BCUT2D eigenvalue weighted by Gasteiger charge is -2.24. The van der Waals surface area contributed by atoms with Gasteiger partial charge < -0.3 is 16.2 Å². The Labute approximate surface area is 114 Å². The van der Waals surface area contributed by atoms with Gasteiger partial charge in [0, 0.05) is 19.1 Å². The number of ether oxygens (including phenoxy) is 1. The number of benzene rings is 1. The molecular formula is C14H23N3O2. The van der Waals surface area contributed by atoms with Crippen LogP contribution in [0.3, 0.4) is 0 Å². The molecule has 0 aliphatic carbocycles. The van der Waals surface area contributed by atoms with E-state index >= 15 is 0 Å². The van der Waals surface area contributed by atoms with Crippen LogP contribution in [0, 0.1) is 0 Å². The highest BCUT2D eigenvalue weighted by molar-refractivity contribution is 5.75. The lowest BCUT2D eigenvalue weighted by molar-refractivity contribution is -0.119. The molecule has 0 aliphatic heterocycles. The fourth-order valence-corrected chi connectivity index (χ4v) is 1.72. The Kier molecular flexibility index (Phi) is 6.32. The molecule has 0 saturated heterocycles. The van der Waals surface area contributed by atoms with Gasteiger partial charge in [0.25, 0.3) is 0 Å². The van der Waals surface area contributed by atoms with Crippen LogP contribution in [-0.4, -0.2) is 36.5 Å². The number of carbonyl (C=O) groups is 1. The highest BCUT2D eigenvalue weighted by Crippen LogP contribution is 2.11. The standard InChI is InChI=1S/C14H23N3O2/c1-11(2)17(10-14(16)18)7-8-19-13-5-3-12(9-15)4-6-13/h3-6,11H,7-10,15H2,1-2H3,(H2,16,18). The quantitative estimate of drug-likeness (QED) is 0.725. The van der Waals surface area contributed by atoms with Crippen molar-refractivity contribution in [2.24, 2.45) is 11.5 Å². The molecule has 0 unspecified atom stereocenters. The highest BCUT2D eigenvalue weighted by Gasteiger charge is 2.11. The Morgan fingerprint density at radius 2 is 1.95 bits per heavy atom. The van der Waals surface area contributed by atoms with Gasteiger partial charge in [-0.2, -0.15) is 0 Å². The molecule has 0 aliphatic rings. The maximum absolute atomic E-state index is 10.9. The molecule has 1 rings (SSSR count). The summed E-state index contributed by atoms with van der Waals surface area (Å²) in [7, 11) is 0. The molecular weight excluding hydrogens is 242 g/mol. The molecule has 1 amide bonds. The van der Waals surface area contributed by atoms with Gasteiger partial charge in [-0.15, -0.1) is 0 Å². The minimum Gasteiger partial charge on any atom is -0.492 e. The number of hydrogen-bond donors (Lipinski definition) is 2. The second-order valence-electron chi connectivity index (χ2n) is 4.73. The number of nitrogens with two attached hydrogens (primary N) is 2. The third-order valence-corrected chi connectivity index (χ3v) is 2.90. The molecule has 0 bridgehead atoms. The van der Waals surface area contributed by atoms with Gasteiger partial charge in [0.2, 0.25) is 5.91 Å². The second-order valence-corrected chi connectivity index (χ2v) is 4.73. The first-order valence-corrected chi connectivity index (χ1v) is 6.47. The van der Waals surface area contributed by atoms with Crippen LogP contribution >= 0.6 is 0 Å². The van der Waals surface area contributed by atoms with Crippen LogP contribution < -0.4 is 16.2 Å². The predicted octanol–water partition coefficient (Wildman–Crippen LogP) is 0.720. The van der Waals surface area contributed by atoms with Crippen LogP contribution in [0.25, 0.3) is 0 Å². The summed E-state index contributed by atoms with van der Waals surface area (Å²) in [6, 6.07) is 7.94. The Morgan fingerprint density at radius 1 is 1.32 bits per heavy atom. The summed E-state index contributed by atoms with van der Waals surface area (Å²) in [6.07, 6.45) is 0. The Hall–Kier alpha value is -1.59. The second kappa shape index (κ2) is 7.76. The molecule has 1 aromatic carbocycles. The number of hydrogen-bond acceptors (Lipinski definition) is 4. The van der Waals surface area contributed by atoms with Crippen molar-refractivity contribution in [3.05, 3.63) is 29.8 Å². The van der Waals surface area contributed by atoms with E-state index in [1.807, 2.05) is 43.0 Å². The average molecular weight is 265 g/mol.